The zero-order valence-corrected chi connectivity index (χ0v) is 12.0. The number of aromatic amines is 1. The smallest absolute Gasteiger partial charge is 0.268 e. The van der Waals surface area contributed by atoms with Gasteiger partial charge in [0.2, 0.25) is 0 Å². The summed E-state index contributed by atoms with van der Waals surface area (Å²) in [4.78, 5) is 14.2. The van der Waals surface area contributed by atoms with E-state index in [9.17, 15) is 15.3 Å². The van der Waals surface area contributed by atoms with Gasteiger partial charge in [-0.15, -0.1) is 0 Å². The third-order valence-electron chi connectivity index (χ3n) is 3.08. The number of pyridine rings is 1. The van der Waals surface area contributed by atoms with Crippen molar-refractivity contribution in [3.8, 4) is 29.0 Å². The van der Waals surface area contributed by atoms with Gasteiger partial charge in [-0.3, -0.25) is 4.79 Å². The van der Waals surface area contributed by atoms with Crippen molar-refractivity contribution < 1.29 is 4.74 Å². The van der Waals surface area contributed by atoms with Crippen molar-refractivity contribution in [1.29, 1.82) is 10.5 Å². The number of nitrogens with two attached hydrogens (primary N) is 1. The van der Waals surface area contributed by atoms with Crippen LogP contribution in [0, 0.1) is 22.7 Å². The highest BCUT2D eigenvalue weighted by Gasteiger charge is 2.17. The lowest BCUT2D eigenvalue weighted by atomic mass is 9.97. The second kappa shape index (κ2) is 6.47. The van der Waals surface area contributed by atoms with Crippen molar-refractivity contribution >= 4 is 5.82 Å². The highest BCUT2D eigenvalue weighted by Crippen LogP contribution is 2.29. The number of hydrogen-bond donors (Lipinski definition) is 2. The first kappa shape index (κ1) is 15.1. The van der Waals surface area contributed by atoms with Gasteiger partial charge in [0.15, 0.2) is 0 Å². The van der Waals surface area contributed by atoms with E-state index in [-0.39, 0.29) is 22.5 Å². The molecule has 0 aliphatic rings. The van der Waals surface area contributed by atoms with Gasteiger partial charge in [0.1, 0.15) is 34.8 Å². The molecule has 1 heterocycles. The van der Waals surface area contributed by atoms with E-state index >= 15 is 0 Å². The Balaban J connectivity index is 2.60. The summed E-state index contributed by atoms with van der Waals surface area (Å²) >= 11 is 0. The summed E-state index contributed by atoms with van der Waals surface area (Å²) in [6.45, 7) is 2.61. The summed E-state index contributed by atoms with van der Waals surface area (Å²) in [7, 11) is 0. The van der Waals surface area contributed by atoms with Crippen LogP contribution >= 0.6 is 0 Å². The number of nitriles is 2. The van der Waals surface area contributed by atoms with Gasteiger partial charge < -0.3 is 15.5 Å². The van der Waals surface area contributed by atoms with Crippen LogP contribution in [0.1, 0.15) is 24.5 Å². The number of anilines is 1. The molecule has 0 amide bonds. The van der Waals surface area contributed by atoms with E-state index in [1.165, 1.54) is 0 Å². The highest BCUT2D eigenvalue weighted by atomic mass is 16.5. The number of rotatable bonds is 4. The molecule has 2 rings (SSSR count). The van der Waals surface area contributed by atoms with Crippen LogP contribution < -0.4 is 16.0 Å². The standard InChI is InChI=1S/C16H14N4O2/c1-2-7-22-11-5-3-10(4-6-11)14-12(8-17)15(19)20-16(21)13(14)9-18/h3-6H,2,7H2,1H3,(H3,19,20,21). The molecule has 3 N–H and O–H groups in total. The van der Waals surface area contributed by atoms with Crippen LogP contribution in [-0.4, -0.2) is 11.6 Å². The Hall–Kier alpha value is -3.25. The molecule has 0 saturated heterocycles. The maximum absolute atomic E-state index is 11.8. The maximum atomic E-state index is 11.8. The van der Waals surface area contributed by atoms with E-state index in [2.05, 4.69) is 4.98 Å². The number of hydrogen-bond acceptors (Lipinski definition) is 5. The molecule has 6 heteroatoms. The van der Waals surface area contributed by atoms with Gasteiger partial charge in [-0.1, -0.05) is 19.1 Å². The normalized spacial score (nSPS) is 9.77. The van der Waals surface area contributed by atoms with E-state index in [1.807, 2.05) is 19.1 Å². The first-order chi connectivity index (χ1) is 10.6. The quantitative estimate of drug-likeness (QED) is 0.896. The summed E-state index contributed by atoms with van der Waals surface area (Å²) in [6, 6.07) is 10.6. The zero-order chi connectivity index (χ0) is 16.1. The molecule has 0 radical (unpaired) electrons. The number of ether oxygens (including phenoxy) is 1. The highest BCUT2D eigenvalue weighted by molar-refractivity contribution is 5.80. The Morgan fingerprint density at radius 1 is 1.18 bits per heavy atom. The van der Waals surface area contributed by atoms with Gasteiger partial charge in [-0.2, -0.15) is 10.5 Å². The molecule has 0 atom stereocenters. The molecule has 0 spiro atoms. The van der Waals surface area contributed by atoms with Gasteiger partial charge in [0.05, 0.1) is 6.61 Å². The summed E-state index contributed by atoms with van der Waals surface area (Å²) < 4.78 is 5.48. The van der Waals surface area contributed by atoms with Crippen LogP contribution in [0.2, 0.25) is 0 Å². The molecule has 0 saturated carbocycles. The topological polar surface area (TPSA) is 116 Å². The van der Waals surface area contributed by atoms with Gasteiger partial charge in [0, 0.05) is 5.56 Å². The lowest BCUT2D eigenvalue weighted by Gasteiger charge is -2.10. The largest absolute Gasteiger partial charge is 0.494 e. The molecule has 1 aromatic heterocycles. The van der Waals surface area contributed by atoms with E-state index in [1.54, 1.807) is 24.3 Å². The monoisotopic (exact) mass is 294 g/mol. The average Bonchev–Trinajstić information content (AvgIpc) is 2.53. The molecule has 1 aromatic carbocycles. The van der Waals surface area contributed by atoms with E-state index in [4.69, 9.17) is 10.5 Å². The van der Waals surface area contributed by atoms with Crippen molar-refractivity contribution in [2.75, 3.05) is 12.3 Å². The predicted molar refractivity (Wildman–Crippen MR) is 82.1 cm³/mol. The Bertz CT molecular complexity index is 823. The Kier molecular flexibility index (Phi) is 4.45. The molecule has 0 bridgehead atoms. The van der Waals surface area contributed by atoms with Crippen LogP contribution in [-0.2, 0) is 0 Å². The second-order valence-electron chi connectivity index (χ2n) is 4.59. The van der Waals surface area contributed by atoms with Crippen LogP contribution in [0.5, 0.6) is 5.75 Å². The summed E-state index contributed by atoms with van der Waals surface area (Å²) in [5, 5.41) is 18.5. The minimum atomic E-state index is -0.611. The number of H-pyrrole nitrogens is 1. The van der Waals surface area contributed by atoms with Gasteiger partial charge in [0.25, 0.3) is 5.56 Å². The summed E-state index contributed by atoms with van der Waals surface area (Å²) in [6.07, 6.45) is 0.892. The third-order valence-corrected chi connectivity index (χ3v) is 3.08. The maximum Gasteiger partial charge on any atom is 0.268 e. The molecule has 22 heavy (non-hydrogen) atoms. The van der Waals surface area contributed by atoms with Gasteiger partial charge in [-0.05, 0) is 24.1 Å². The summed E-state index contributed by atoms with van der Waals surface area (Å²) in [5.41, 5.74) is 5.82. The third kappa shape index (κ3) is 2.77. The lowest BCUT2D eigenvalue weighted by Crippen LogP contribution is -2.16. The van der Waals surface area contributed by atoms with Crippen LogP contribution in [0.25, 0.3) is 11.1 Å². The van der Waals surface area contributed by atoms with Crippen molar-refractivity contribution in [2.45, 2.75) is 13.3 Å². The number of benzene rings is 1. The van der Waals surface area contributed by atoms with Crippen molar-refractivity contribution in [2.24, 2.45) is 0 Å². The Morgan fingerprint density at radius 2 is 1.82 bits per heavy atom. The van der Waals surface area contributed by atoms with E-state index < -0.39 is 5.56 Å². The fourth-order valence-electron chi connectivity index (χ4n) is 2.07. The first-order valence-electron chi connectivity index (χ1n) is 6.71. The predicted octanol–water partition coefficient (Wildman–Crippen LogP) is 2.16. The van der Waals surface area contributed by atoms with Gasteiger partial charge >= 0.3 is 0 Å². The molecule has 2 aromatic rings. The fraction of sp³-hybridized carbons (Fsp3) is 0.188. The summed E-state index contributed by atoms with van der Waals surface area (Å²) in [5.74, 6) is 0.633. The van der Waals surface area contributed by atoms with Crippen molar-refractivity contribution in [1.82, 2.24) is 4.98 Å². The molecule has 0 unspecified atom stereocenters. The molecule has 0 aliphatic heterocycles. The molecular weight excluding hydrogens is 280 g/mol. The average molecular weight is 294 g/mol. The molecule has 110 valence electrons. The molecule has 6 nitrogen and oxygen atoms in total. The Morgan fingerprint density at radius 3 is 2.36 bits per heavy atom. The number of nitrogens with zero attached hydrogens (tertiary/aromatic N) is 2. The van der Waals surface area contributed by atoms with Crippen molar-refractivity contribution in [3.05, 3.63) is 45.7 Å². The minimum Gasteiger partial charge on any atom is -0.494 e. The number of aromatic nitrogens is 1. The van der Waals surface area contributed by atoms with E-state index in [0.29, 0.717) is 17.9 Å². The Labute approximate surface area is 127 Å². The number of nitrogen functional groups attached to an aromatic ring is 1. The van der Waals surface area contributed by atoms with E-state index in [0.717, 1.165) is 6.42 Å². The minimum absolute atomic E-state index is 0.0483. The first-order valence-corrected chi connectivity index (χ1v) is 6.71. The molecular formula is C16H14N4O2. The number of nitrogens with one attached hydrogen (secondary N) is 1. The van der Waals surface area contributed by atoms with Crippen LogP contribution in [0.15, 0.2) is 29.1 Å². The lowest BCUT2D eigenvalue weighted by molar-refractivity contribution is 0.317. The van der Waals surface area contributed by atoms with Crippen LogP contribution in [0.3, 0.4) is 0 Å². The van der Waals surface area contributed by atoms with Gasteiger partial charge in [-0.25, -0.2) is 0 Å². The molecule has 0 fully saturated rings. The van der Waals surface area contributed by atoms with Crippen molar-refractivity contribution in [3.63, 3.8) is 0 Å². The second-order valence-corrected chi connectivity index (χ2v) is 4.59. The SMILES string of the molecule is CCCOc1ccc(-c2c(C#N)c(N)[nH]c(=O)c2C#N)cc1. The molecule has 0 aliphatic carbocycles. The fourth-order valence-corrected chi connectivity index (χ4v) is 2.07. The van der Waals surface area contributed by atoms with Crippen LogP contribution in [0.4, 0.5) is 5.82 Å². The zero-order valence-electron chi connectivity index (χ0n) is 12.0.